The summed E-state index contributed by atoms with van der Waals surface area (Å²) in [6.45, 7) is 0. The van der Waals surface area contributed by atoms with Crippen molar-refractivity contribution in [1.29, 1.82) is 0 Å². The predicted molar refractivity (Wildman–Crippen MR) is 58.5 cm³/mol. The van der Waals surface area contributed by atoms with Gasteiger partial charge in [0.05, 0.1) is 5.70 Å². The molecule has 0 saturated carbocycles. The van der Waals surface area contributed by atoms with Crippen LogP contribution in [0, 0.1) is 0 Å². The molecule has 0 spiro atoms. The average molecular weight is 323 g/mol. The molecule has 0 aliphatic heterocycles. The highest BCUT2D eigenvalue weighted by atomic mass is 127. The Hall–Kier alpha value is -0.360. The summed E-state index contributed by atoms with van der Waals surface area (Å²) in [6.07, 6.45) is 3.34. The monoisotopic (exact) mass is 323 g/mol. The van der Waals surface area contributed by atoms with E-state index in [1.165, 1.54) is 0 Å². The fraction of sp³-hybridized carbons (Fsp3) is 0.200. The largest absolute Gasteiger partial charge is 1.00 e. The van der Waals surface area contributed by atoms with Crippen LogP contribution in [0.5, 0.6) is 0 Å². The van der Waals surface area contributed by atoms with E-state index in [0.29, 0.717) is 5.70 Å². The van der Waals surface area contributed by atoms with Gasteiger partial charge in [-0.05, 0) is 0 Å². The van der Waals surface area contributed by atoms with Crippen molar-refractivity contribution in [2.45, 2.75) is 0 Å². The Bertz CT molecular complexity index is 356. The Balaban J connectivity index is 0.00000169. The molecule has 14 heavy (non-hydrogen) atoms. The molecule has 0 unspecified atom stereocenters. The number of rotatable bonds is 2. The lowest BCUT2D eigenvalue weighted by Crippen LogP contribution is -3.00. The maximum Gasteiger partial charge on any atom is 0.145 e. The molecular formula is C10H14INOS. The van der Waals surface area contributed by atoms with E-state index in [2.05, 4.69) is 0 Å². The van der Waals surface area contributed by atoms with Crippen LogP contribution in [0.1, 0.15) is 5.56 Å². The topological polar surface area (TPSA) is 43.1 Å². The molecular weight excluding hydrogens is 309 g/mol. The molecule has 0 aliphatic carbocycles. The van der Waals surface area contributed by atoms with Crippen molar-refractivity contribution in [2.24, 2.45) is 5.73 Å². The van der Waals surface area contributed by atoms with Crippen LogP contribution in [0.3, 0.4) is 0 Å². The molecule has 2 N–H and O–H groups in total. The molecule has 1 aromatic carbocycles. The summed E-state index contributed by atoms with van der Waals surface area (Å²) < 4.78 is 11.4. The number of halogens is 1. The first-order valence-electron chi connectivity index (χ1n) is 3.96. The summed E-state index contributed by atoms with van der Waals surface area (Å²) in [7, 11) is -1.91. The molecule has 0 heterocycles. The molecule has 78 valence electrons. The minimum atomic E-state index is -1.91. The third-order valence-electron chi connectivity index (χ3n) is 1.52. The Morgan fingerprint density at radius 3 is 2.21 bits per heavy atom. The van der Waals surface area contributed by atoms with Crippen molar-refractivity contribution >= 4 is 15.6 Å². The number of benzene rings is 1. The quantitative estimate of drug-likeness (QED) is 0.544. The van der Waals surface area contributed by atoms with E-state index in [-0.39, 0.29) is 24.0 Å². The lowest BCUT2D eigenvalue weighted by molar-refractivity contribution is -0.00000429. The van der Waals surface area contributed by atoms with Gasteiger partial charge in [0.1, 0.15) is 27.9 Å². The van der Waals surface area contributed by atoms with Crippen LogP contribution < -0.4 is 29.7 Å². The molecule has 2 nitrogen and oxygen atoms in total. The second-order valence-electron chi connectivity index (χ2n) is 3.25. The summed E-state index contributed by atoms with van der Waals surface area (Å²) in [5, 5.41) is 1.61. The Morgan fingerprint density at radius 1 is 1.29 bits per heavy atom. The number of hydrogen-bond donors (Lipinski definition) is 1. The highest BCUT2D eigenvalue weighted by Gasteiger charge is 2.09. The van der Waals surface area contributed by atoms with Crippen LogP contribution in [0.4, 0.5) is 0 Å². The Morgan fingerprint density at radius 2 is 1.79 bits per heavy atom. The summed E-state index contributed by atoms with van der Waals surface area (Å²) in [5.41, 5.74) is 7.26. The molecule has 1 aromatic rings. The van der Waals surface area contributed by atoms with Gasteiger partial charge in [-0.3, -0.25) is 0 Å². The van der Waals surface area contributed by atoms with E-state index in [1.54, 1.807) is 17.9 Å². The Kier molecular flexibility index (Phi) is 5.36. The maximum absolute atomic E-state index is 11.4. The van der Waals surface area contributed by atoms with Gasteiger partial charge in [-0.1, -0.05) is 30.3 Å². The third kappa shape index (κ3) is 4.76. The molecule has 0 aromatic heterocycles. The summed E-state index contributed by atoms with van der Waals surface area (Å²) >= 11 is 0. The maximum atomic E-state index is 11.4. The molecule has 0 saturated heterocycles. The van der Waals surface area contributed by atoms with Gasteiger partial charge in [-0.2, -0.15) is 0 Å². The van der Waals surface area contributed by atoms with Crippen molar-refractivity contribution in [1.82, 2.24) is 0 Å². The summed E-state index contributed by atoms with van der Waals surface area (Å²) in [4.78, 5) is 0. The molecule has 0 bridgehead atoms. The fourth-order valence-electron chi connectivity index (χ4n) is 1.00. The van der Waals surface area contributed by atoms with Gasteiger partial charge in [-0.25, -0.2) is 0 Å². The smallest absolute Gasteiger partial charge is 0.145 e. The lowest BCUT2D eigenvalue weighted by atomic mass is 10.2. The van der Waals surface area contributed by atoms with E-state index >= 15 is 0 Å². The van der Waals surface area contributed by atoms with Gasteiger partial charge in [0.2, 0.25) is 0 Å². The van der Waals surface area contributed by atoms with Crippen LogP contribution >= 0.6 is 0 Å². The molecule has 4 heteroatoms. The highest BCUT2D eigenvalue weighted by molar-refractivity contribution is 8.04. The first-order chi connectivity index (χ1) is 5.99. The standard InChI is InChI=1S/C10H14NOS.HI/c1-13(2,12)8-10(11)9-6-4-3-5-7-9;/h3-8H,11H2,1-2H3;1H/q+1;/p-1/b10-8-;. The molecule has 1 rings (SSSR count). The first-order valence-corrected chi connectivity index (χ1v) is 6.39. The van der Waals surface area contributed by atoms with Gasteiger partial charge in [0.15, 0.2) is 0 Å². The summed E-state index contributed by atoms with van der Waals surface area (Å²) in [5.74, 6) is 0. The molecule has 0 aliphatic rings. The van der Waals surface area contributed by atoms with Crippen LogP contribution in [-0.2, 0) is 14.1 Å². The second-order valence-corrected chi connectivity index (χ2v) is 6.10. The van der Waals surface area contributed by atoms with E-state index in [1.807, 2.05) is 30.3 Å². The first kappa shape index (κ1) is 13.6. The predicted octanol–water partition coefficient (Wildman–Crippen LogP) is -1.29. The molecule has 0 radical (unpaired) electrons. The van der Waals surface area contributed by atoms with E-state index in [4.69, 9.17) is 5.73 Å². The second kappa shape index (κ2) is 5.50. The molecule has 0 fully saturated rings. The lowest BCUT2D eigenvalue weighted by Gasteiger charge is -1.99. The van der Waals surface area contributed by atoms with Gasteiger partial charge >= 0.3 is 0 Å². The summed E-state index contributed by atoms with van der Waals surface area (Å²) in [6, 6.07) is 9.53. The zero-order chi connectivity index (χ0) is 9.90. The van der Waals surface area contributed by atoms with E-state index in [0.717, 1.165) is 5.56 Å². The minimum absolute atomic E-state index is 0. The zero-order valence-corrected chi connectivity index (χ0v) is 11.2. The zero-order valence-electron chi connectivity index (χ0n) is 8.24. The van der Waals surface area contributed by atoms with Gasteiger partial charge in [0.25, 0.3) is 0 Å². The molecule has 0 amide bonds. The van der Waals surface area contributed by atoms with Crippen molar-refractivity contribution in [3.05, 3.63) is 41.3 Å². The molecule has 0 atom stereocenters. The van der Waals surface area contributed by atoms with Crippen LogP contribution in [0.2, 0.25) is 0 Å². The van der Waals surface area contributed by atoms with Gasteiger partial charge in [0, 0.05) is 5.56 Å². The van der Waals surface area contributed by atoms with Crippen molar-refractivity contribution in [2.75, 3.05) is 12.5 Å². The van der Waals surface area contributed by atoms with Crippen LogP contribution in [-0.4, -0.2) is 12.5 Å². The van der Waals surface area contributed by atoms with E-state index < -0.39 is 9.93 Å². The average Bonchev–Trinajstić information content (AvgIpc) is 2.03. The number of nitrogens with two attached hydrogens (primary N) is 1. The minimum Gasteiger partial charge on any atom is -1.00 e. The van der Waals surface area contributed by atoms with Gasteiger partial charge < -0.3 is 29.7 Å². The highest BCUT2D eigenvalue weighted by Crippen LogP contribution is 2.11. The normalized spacial score (nSPS) is 12.0. The third-order valence-corrected chi connectivity index (χ3v) is 2.34. The fourth-order valence-corrected chi connectivity index (χ4v) is 1.75. The SMILES string of the molecule is C[S+](C)(=O)/C=C(\N)c1ccccc1.[I-]. The number of hydrogen-bond acceptors (Lipinski definition) is 2. The Labute approximate surface area is 103 Å². The van der Waals surface area contributed by atoms with Crippen molar-refractivity contribution in [3.63, 3.8) is 0 Å². The van der Waals surface area contributed by atoms with Crippen LogP contribution in [0.15, 0.2) is 35.7 Å². The van der Waals surface area contributed by atoms with Crippen molar-refractivity contribution < 1.29 is 28.2 Å². The van der Waals surface area contributed by atoms with E-state index in [9.17, 15) is 4.21 Å². The van der Waals surface area contributed by atoms with Crippen molar-refractivity contribution in [3.8, 4) is 0 Å². The van der Waals surface area contributed by atoms with Crippen LogP contribution in [0.25, 0.3) is 5.70 Å². The van der Waals surface area contributed by atoms with Gasteiger partial charge in [-0.15, -0.1) is 4.21 Å².